The smallest absolute Gasteiger partial charge is 0.322 e. The third-order valence-corrected chi connectivity index (χ3v) is 4.42. The molecule has 3 rings (SSSR count). The van der Waals surface area contributed by atoms with Crippen LogP contribution in [0.2, 0.25) is 0 Å². The van der Waals surface area contributed by atoms with E-state index < -0.39 is 11.8 Å². The molecule has 0 radical (unpaired) electrons. The fourth-order valence-corrected chi connectivity index (χ4v) is 3.22. The lowest BCUT2D eigenvalue weighted by Crippen LogP contribution is -2.40. The molecule has 122 valence electrons. The van der Waals surface area contributed by atoms with E-state index in [-0.39, 0.29) is 18.4 Å². The number of hydrogen-bond donors (Lipinski definition) is 1. The average molecular weight is 314 g/mol. The van der Waals surface area contributed by atoms with E-state index in [1.807, 2.05) is 0 Å². The first-order valence-corrected chi connectivity index (χ1v) is 7.47. The van der Waals surface area contributed by atoms with Crippen LogP contribution in [-0.2, 0) is 16.1 Å². The highest BCUT2D eigenvalue weighted by Gasteiger charge is 2.49. The van der Waals surface area contributed by atoms with E-state index in [0.717, 1.165) is 12.8 Å². The van der Waals surface area contributed by atoms with Crippen molar-refractivity contribution in [3.05, 3.63) is 11.6 Å². The Morgan fingerprint density at radius 1 is 1.45 bits per heavy atom. The highest BCUT2D eigenvalue weighted by Crippen LogP contribution is 2.47. The number of methoxy groups -OCH3 is 1. The molecule has 0 spiro atoms. The fraction of sp³-hybridized carbons (Fsp3) is 0.786. The lowest BCUT2D eigenvalue weighted by atomic mass is 9.91. The molecule has 22 heavy (non-hydrogen) atoms. The maximum Gasteiger partial charge on any atom is 0.322 e. The molecule has 0 unspecified atom stereocenters. The summed E-state index contributed by atoms with van der Waals surface area (Å²) in [6.45, 7) is 1.60. The summed E-state index contributed by atoms with van der Waals surface area (Å²) in [5.41, 5.74) is 0. The molecule has 1 amide bonds. The molecule has 2 aliphatic rings. The van der Waals surface area contributed by atoms with Crippen LogP contribution in [0.3, 0.4) is 0 Å². The van der Waals surface area contributed by atoms with Gasteiger partial charge in [-0.3, -0.25) is 9.89 Å². The van der Waals surface area contributed by atoms with Crippen molar-refractivity contribution in [3.8, 4) is 0 Å². The minimum Gasteiger partial charge on any atom is -0.377 e. The molecular formula is C14H20F2N4O2. The minimum atomic E-state index is -3.33. The highest BCUT2D eigenvalue weighted by atomic mass is 19.3. The van der Waals surface area contributed by atoms with E-state index in [9.17, 15) is 13.6 Å². The van der Waals surface area contributed by atoms with E-state index in [4.69, 9.17) is 4.74 Å². The number of halogens is 2. The second-order valence-corrected chi connectivity index (χ2v) is 6.28. The molecule has 1 saturated heterocycles. The number of carbonyl (C=O) groups is 1. The number of likely N-dealkylation sites (tertiary alicyclic amines) is 1. The largest absolute Gasteiger partial charge is 0.377 e. The van der Waals surface area contributed by atoms with Crippen molar-refractivity contribution in [2.24, 2.45) is 11.8 Å². The van der Waals surface area contributed by atoms with Crippen LogP contribution >= 0.6 is 0 Å². The molecule has 2 atom stereocenters. The average Bonchev–Trinajstić information content (AvgIpc) is 3.03. The molecule has 2 fully saturated rings. The zero-order valence-electron chi connectivity index (χ0n) is 12.7. The van der Waals surface area contributed by atoms with Gasteiger partial charge in [0.05, 0.1) is 0 Å². The maximum atomic E-state index is 13.3. The van der Waals surface area contributed by atoms with Gasteiger partial charge in [-0.2, -0.15) is 13.9 Å². The molecule has 1 N–H and O–H groups in total. The Morgan fingerprint density at radius 2 is 2.18 bits per heavy atom. The molecule has 0 bridgehead atoms. The van der Waals surface area contributed by atoms with Crippen molar-refractivity contribution >= 4 is 5.91 Å². The highest BCUT2D eigenvalue weighted by molar-refractivity contribution is 5.83. The van der Waals surface area contributed by atoms with Gasteiger partial charge >= 0.3 is 5.92 Å². The van der Waals surface area contributed by atoms with Gasteiger partial charge in [0.15, 0.2) is 11.6 Å². The minimum absolute atomic E-state index is 0.0827. The Bertz CT molecular complexity index is 553. The van der Waals surface area contributed by atoms with Crippen molar-refractivity contribution < 1.29 is 18.3 Å². The van der Waals surface area contributed by atoms with Crippen LogP contribution in [0, 0.1) is 11.8 Å². The second-order valence-electron chi connectivity index (χ2n) is 6.28. The number of nitrogens with one attached hydrogen (secondary N) is 1. The van der Waals surface area contributed by atoms with Crippen molar-refractivity contribution in [2.45, 2.75) is 38.2 Å². The van der Waals surface area contributed by atoms with Gasteiger partial charge in [-0.25, -0.2) is 4.98 Å². The van der Waals surface area contributed by atoms with Gasteiger partial charge in [0, 0.05) is 33.0 Å². The predicted molar refractivity (Wildman–Crippen MR) is 73.3 cm³/mol. The number of amides is 1. The molecule has 1 aliphatic carbocycles. The maximum absolute atomic E-state index is 13.3. The standard InChI is InChI=1S/C14H20F2N4O2/c1-14(15,16)13(21)20-5-9(8-3-4-8)10(6-20)12-17-11(7-22-2)18-19-12/h8-10H,3-7H2,1-2H3,(H,17,18,19)/t9-,10+/m1/s1. The number of nitrogens with zero attached hydrogens (tertiary/aromatic N) is 3. The molecule has 8 heteroatoms. The Labute approximate surface area is 127 Å². The predicted octanol–water partition coefficient (Wildman–Crippen LogP) is 1.56. The Morgan fingerprint density at radius 3 is 2.77 bits per heavy atom. The normalized spacial score (nSPS) is 25.7. The molecular weight excluding hydrogens is 294 g/mol. The summed E-state index contributed by atoms with van der Waals surface area (Å²) in [6, 6.07) is 0. The molecule has 1 aromatic rings. The molecule has 0 aromatic carbocycles. The SMILES string of the molecule is COCc1nc([C@H]2CN(C(=O)C(C)(F)F)C[C@@H]2C2CC2)n[nH]1. The van der Waals surface area contributed by atoms with Gasteiger partial charge in [0.2, 0.25) is 0 Å². The number of H-pyrrole nitrogens is 1. The van der Waals surface area contributed by atoms with Gasteiger partial charge in [-0.15, -0.1) is 0 Å². The van der Waals surface area contributed by atoms with Crippen molar-refractivity contribution in [1.82, 2.24) is 20.1 Å². The second kappa shape index (κ2) is 5.57. The summed E-state index contributed by atoms with van der Waals surface area (Å²) in [4.78, 5) is 17.5. The number of aromatic amines is 1. The number of ether oxygens (including phenoxy) is 1. The number of aromatic nitrogens is 3. The lowest BCUT2D eigenvalue weighted by Gasteiger charge is -2.20. The molecule has 1 saturated carbocycles. The third kappa shape index (κ3) is 2.97. The third-order valence-electron chi connectivity index (χ3n) is 4.42. The summed E-state index contributed by atoms with van der Waals surface area (Å²) >= 11 is 0. The van der Waals surface area contributed by atoms with Crippen LogP contribution in [0.25, 0.3) is 0 Å². The first-order valence-electron chi connectivity index (χ1n) is 7.47. The lowest BCUT2D eigenvalue weighted by molar-refractivity contribution is -0.153. The van der Waals surface area contributed by atoms with Crippen LogP contribution in [0.5, 0.6) is 0 Å². The van der Waals surface area contributed by atoms with E-state index in [0.29, 0.717) is 37.6 Å². The van der Waals surface area contributed by atoms with Crippen LogP contribution in [0.1, 0.15) is 37.3 Å². The van der Waals surface area contributed by atoms with E-state index in [1.54, 1.807) is 7.11 Å². The quantitative estimate of drug-likeness (QED) is 0.895. The van der Waals surface area contributed by atoms with Crippen LogP contribution in [0.4, 0.5) is 8.78 Å². The van der Waals surface area contributed by atoms with E-state index in [1.165, 1.54) is 4.90 Å². The summed E-state index contributed by atoms with van der Waals surface area (Å²) in [5.74, 6) is -2.66. The Balaban J connectivity index is 1.78. The summed E-state index contributed by atoms with van der Waals surface area (Å²) in [6.07, 6.45) is 2.17. The van der Waals surface area contributed by atoms with E-state index in [2.05, 4.69) is 15.2 Å². The number of hydrogen-bond acceptors (Lipinski definition) is 4. The van der Waals surface area contributed by atoms with Crippen molar-refractivity contribution in [2.75, 3.05) is 20.2 Å². The summed E-state index contributed by atoms with van der Waals surface area (Å²) in [5, 5.41) is 6.99. The first-order chi connectivity index (χ1) is 10.4. The molecule has 1 aliphatic heterocycles. The number of rotatable bonds is 5. The number of alkyl halides is 2. The summed E-state index contributed by atoms with van der Waals surface area (Å²) < 4.78 is 31.6. The molecule has 6 nitrogen and oxygen atoms in total. The fourth-order valence-electron chi connectivity index (χ4n) is 3.22. The van der Waals surface area contributed by atoms with Gasteiger partial charge in [-0.05, 0) is 24.7 Å². The van der Waals surface area contributed by atoms with Gasteiger partial charge in [0.25, 0.3) is 5.91 Å². The van der Waals surface area contributed by atoms with Crippen LogP contribution in [-0.4, -0.2) is 52.1 Å². The van der Waals surface area contributed by atoms with Gasteiger partial charge in [0.1, 0.15) is 6.61 Å². The monoisotopic (exact) mass is 314 g/mol. The van der Waals surface area contributed by atoms with Crippen molar-refractivity contribution in [1.29, 1.82) is 0 Å². The topological polar surface area (TPSA) is 71.1 Å². The molecule has 2 heterocycles. The number of carbonyl (C=O) groups excluding carboxylic acids is 1. The Kier molecular flexibility index (Phi) is 3.88. The van der Waals surface area contributed by atoms with E-state index >= 15 is 0 Å². The van der Waals surface area contributed by atoms with Gasteiger partial charge in [-0.1, -0.05) is 0 Å². The Hall–Kier alpha value is -1.57. The van der Waals surface area contributed by atoms with Gasteiger partial charge < -0.3 is 9.64 Å². The zero-order chi connectivity index (χ0) is 15.9. The zero-order valence-corrected chi connectivity index (χ0v) is 12.7. The summed E-state index contributed by atoms with van der Waals surface area (Å²) in [7, 11) is 1.56. The van der Waals surface area contributed by atoms with Crippen LogP contribution in [0.15, 0.2) is 0 Å². The van der Waals surface area contributed by atoms with Crippen LogP contribution < -0.4 is 0 Å². The molecule has 1 aromatic heterocycles. The first kappa shape index (κ1) is 15.3. The van der Waals surface area contributed by atoms with Crippen molar-refractivity contribution in [3.63, 3.8) is 0 Å².